The number of nitrogens with one attached hydrogen (secondary N) is 1. The summed E-state index contributed by atoms with van der Waals surface area (Å²) in [5, 5.41) is 22.0. The highest BCUT2D eigenvalue weighted by Gasteiger charge is 2.10. The van der Waals surface area contributed by atoms with E-state index in [0.717, 1.165) is 0 Å². The second-order valence-electron chi connectivity index (χ2n) is 2.78. The Bertz CT molecular complexity index is 291. The first-order valence-electron chi connectivity index (χ1n) is 3.96. The first-order chi connectivity index (χ1) is 6.15. The summed E-state index contributed by atoms with van der Waals surface area (Å²) in [6.07, 6.45) is -0.690. The summed E-state index contributed by atoms with van der Waals surface area (Å²) in [4.78, 5) is 0. The summed E-state index contributed by atoms with van der Waals surface area (Å²) in [5.41, 5.74) is 0.538. The largest absolute Gasteiger partial charge is 0.508 e. The molecule has 72 valence electrons. The molecular weight excluding hydrogens is 190 g/mol. The molecule has 1 aromatic rings. The Hall–Kier alpha value is -0.770. The van der Waals surface area contributed by atoms with Crippen molar-refractivity contribution >= 4 is 11.6 Å². The molecule has 1 atom stereocenters. The fourth-order valence-electron chi connectivity index (χ4n) is 1.09. The summed E-state index contributed by atoms with van der Waals surface area (Å²) in [6, 6.07) is 4.51. The molecule has 0 fully saturated rings. The summed E-state index contributed by atoms with van der Waals surface area (Å²) in [5.74, 6) is 0.106. The van der Waals surface area contributed by atoms with Crippen molar-refractivity contribution in [1.29, 1.82) is 0 Å². The lowest BCUT2D eigenvalue weighted by Crippen LogP contribution is -2.16. The van der Waals surface area contributed by atoms with Gasteiger partial charge in [0.2, 0.25) is 0 Å². The number of phenols is 1. The Morgan fingerprint density at radius 1 is 1.54 bits per heavy atom. The number of aromatic hydroxyl groups is 1. The van der Waals surface area contributed by atoms with Gasteiger partial charge in [0.15, 0.2) is 0 Å². The van der Waals surface area contributed by atoms with Crippen LogP contribution in [0.1, 0.15) is 11.7 Å². The van der Waals surface area contributed by atoms with E-state index in [1.807, 2.05) is 0 Å². The minimum Gasteiger partial charge on any atom is -0.508 e. The Morgan fingerprint density at radius 2 is 2.23 bits per heavy atom. The first kappa shape index (κ1) is 10.3. The van der Waals surface area contributed by atoms with Crippen LogP contribution < -0.4 is 5.32 Å². The molecule has 0 saturated heterocycles. The maximum Gasteiger partial charge on any atom is 0.116 e. The van der Waals surface area contributed by atoms with Crippen molar-refractivity contribution in [3.63, 3.8) is 0 Å². The van der Waals surface area contributed by atoms with Gasteiger partial charge >= 0.3 is 0 Å². The van der Waals surface area contributed by atoms with Crippen molar-refractivity contribution in [3.05, 3.63) is 28.8 Å². The number of rotatable bonds is 3. The zero-order chi connectivity index (χ0) is 9.84. The summed E-state index contributed by atoms with van der Waals surface area (Å²) in [6.45, 7) is 0.406. The lowest BCUT2D eigenvalue weighted by molar-refractivity contribution is 0.177. The van der Waals surface area contributed by atoms with Gasteiger partial charge in [-0.3, -0.25) is 0 Å². The Balaban J connectivity index is 2.91. The van der Waals surface area contributed by atoms with Crippen molar-refractivity contribution in [3.8, 4) is 5.75 Å². The highest BCUT2D eigenvalue weighted by Crippen LogP contribution is 2.26. The molecule has 0 aliphatic carbocycles. The van der Waals surface area contributed by atoms with Gasteiger partial charge in [0.05, 0.1) is 6.10 Å². The van der Waals surface area contributed by atoms with E-state index in [2.05, 4.69) is 5.32 Å². The average Bonchev–Trinajstić information content (AvgIpc) is 2.09. The maximum absolute atomic E-state index is 9.57. The van der Waals surface area contributed by atoms with Crippen molar-refractivity contribution in [2.45, 2.75) is 6.10 Å². The van der Waals surface area contributed by atoms with Gasteiger partial charge in [-0.15, -0.1) is 0 Å². The third kappa shape index (κ3) is 2.59. The lowest BCUT2D eigenvalue weighted by Gasteiger charge is -2.11. The number of benzene rings is 1. The van der Waals surface area contributed by atoms with Crippen LogP contribution in [0.3, 0.4) is 0 Å². The van der Waals surface area contributed by atoms with E-state index in [9.17, 15) is 5.11 Å². The monoisotopic (exact) mass is 201 g/mol. The van der Waals surface area contributed by atoms with Gasteiger partial charge in [0.1, 0.15) is 5.75 Å². The number of hydrogen-bond acceptors (Lipinski definition) is 3. The van der Waals surface area contributed by atoms with Crippen LogP contribution in [-0.2, 0) is 0 Å². The van der Waals surface area contributed by atoms with Gasteiger partial charge in [-0.1, -0.05) is 11.6 Å². The lowest BCUT2D eigenvalue weighted by atomic mass is 10.1. The standard InChI is InChI=1S/C9H12ClNO2/c1-11-5-9(13)7-4-6(12)2-3-8(7)10/h2-4,9,11-13H,5H2,1H3/t9-/m1/s1. The fraction of sp³-hybridized carbons (Fsp3) is 0.333. The SMILES string of the molecule is CNC[C@@H](O)c1cc(O)ccc1Cl. The zero-order valence-corrected chi connectivity index (χ0v) is 8.04. The van der Waals surface area contributed by atoms with Crippen LogP contribution in [0.2, 0.25) is 5.02 Å². The molecule has 3 N–H and O–H groups in total. The summed E-state index contributed by atoms with van der Waals surface area (Å²) in [7, 11) is 1.74. The molecule has 13 heavy (non-hydrogen) atoms. The van der Waals surface area contributed by atoms with E-state index in [-0.39, 0.29) is 5.75 Å². The van der Waals surface area contributed by atoms with Crippen LogP contribution in [0.5, 0.6) is 5.75 Å². The molecule has 0 heterocycles. The Morgan fingerprint density at radius 3 is 2.85 bits per heavy atom. The molecule has 0 saturated carbocycles. The third-order valence-corrected chi connectivity index (χ3v) is 2.08. The molecule has 0 amide bonds. The van der Waals surface area contributed by atoms with Crippen molar-refractivity contribution in [1.82, 2.24) is 5.32 Å². The predicted molar refractivity (Wildman–Crippen MR) is 52.0 cm³/mol. The maximum atomic E-state index is 9.57. The third-order valence-electron chi connectivity index (χ3n) is 1.74. The van der Waals surface area contributed by atoms with E-state index < -0.39 is 6.10 Å². The van der Waals surface area contributed by atoms with Crippen LogP contribution in [0.4, 0.5) is 0 Å². The number of halogens is 1. The Kier molecular flexibility index (Phi) is 3.54. The molecule has 1 rings (SSSR count). The molecule has 0 unspecified atom stereocenters. The van der Waals surface area contributed by atoms with Gasteiger partial charge in [-0.05, 0) is 25.2 Å². The summed E-state index contributed by atoms with van der Waals surface area (Å²) < 4.78 is 0. The molecule has 0 aliphatic rings. The fourth-order valence-corrected chi connectivity index (χ4v) is 1.33. The highest BCUT2D eigenvalue weighted by molar-refractivity contribution is 6.31. The smallest absolute Gasteiger partial charge is 0.116 e. The van der Waals surface area contributed by atoms with E-state index >= 15 is 0 Å². The van der Waals surface area contributed by atoms with Gasteiger partial charge < -0.3 is 15.5 Å². The first-order valence-corrected chi connectivity index (χ1v) is 4.34. The quantitative estimate of drug-likeness (QED) is 0.691. The molecule has 0 aliphatic heterocycles. The zero-order valence-electron chi connectivity index (χ0n) is 7.29. The van der Waals surface area contributed by atoms with E-state index in [0.29, 0.717) is 17.1 Å². The van der Waals surface area contributed by atoms with E-state index in [4.69, 9.17) is 16.7 Å². The van der Waals surface area contributed by atoms with Crippen molar-refractivity contribution < 1.29 is 10.2 Å². The molecule has 0 bridgehead atoms. The molecule has 1 aromatic carbocycles. The van der Waals surface area contributed by atoms with Gasteiger partial charge in [0.25, 0.3) is 0 Å². The predicted octanol–water partition coefficient (Wildman–Crippen LogP) is 1.30. The molecule has 0 spiro atoms. The van der Waals surface area contributed by atoms with Crippen LogP contribution >= 0.6 is 11.6 Å². The molecule has 0 radical (unpaired) electrons. The number of aliphatic hydroxyl groups is 1. The molecule has 3 nitrogen and oxygen atoms in total. The summed E-state index contributed by atoms with van der Waals surface area (Å²) >= 11 is 5.83. The number of likely N-dealkylation sites (N-methyl/N-ethyl adjacent to an activating group) is 1. The molecular formula is C9H12ClNO2. The number of phenolic OH excluding ortho intramolecular Hbond substituents is 1. The number of hydrogen-bond donors (Lipinski definition) is 3. The number of aliphatic hydroxyl groups excluding tert-OH is 1. The second-order valence-corrected chi connectivity index (χ2v) is 3.19. The van der Waals surface area contributed by atoms with Crippen LogP contribution in [0, 0.1) is 0 Å². The van der Waals surface area contributed by atoms with Gasteiger partial charge in [0, 0.05) is 17.1 Å². The minimum absolute atomic E-state index is 0.106. The normalized spacial score (nSPS) is 12.8. The van der Waals surface area contributed by atoms with Crippen molar-refractivity contribution in [2.24, 2.45) is 0 Å². The van der Waals surface area contributed by atoms with Crippen LogP contribution in [0.25, 0.3) is 0 Å². The second kappa shape index (κ2) is 4.46. The van der Waals surface area contributed by atoms with E-state index in [1.165, 1.54) is 12.1 Å². The van der Waals surface area contributed by atoms with Crippen molar-refractivity contribution in [2.75, 3.05) is 13.6 Å². The van der Waals surface area contributed by atoms with Crippen LogP contribution in [0.15, 0.2) is 18.2 Å². The van der Waals surface area contributed by atoms with Gasteiger partial charge in [-0.25, -0.2) is 0 Å². The Labute approximate surface area is 82.0 Å². The minimum atomic E-state index is -0.690. The van der Waals surface area contributed by atoms with Gasteiger partial charge in [-0.2, -0.15) is 0 Å². The van der Waals surface area contributed by atoms with Crippen LogP contribution in [-0.4, -0.2) is 23.8 Å². The average molecular weight is 202 g/mol. The topological polar surface area (TPSA) is 52.5 Å². The molecule has 0 aromatic heterocycles. The molecule has 4 heteroatoms. The van der Waals surface area contributed by atoms with E-state index in [1.54, 1.807) is 13.1 Å². The highest BCUT2D eigenvalue weighted by atomic mass is 35.5.